The average molecular weight is 397 g/mol. The third-order valence-corrected chi connectivity index (χ3v) is 5.40. The van der Waals surface area contributed by atoms with Crippen LogP contribution in [0.3, 0.4) is 0 Å². The SMILES string of the molecule is CCc1ccc(N(Cc2ccc(C(=O)CN)cc2F)C(=O)N2CCCCC2)cc1. The zero-order chi connectivity index (χ0) is 20.8. The number of likely N-dealkylation sites (tertiary alicyclic amines) is 1. The van der Waals surface area contributed by atoms with Gasteiger partial charge in [0.2, 0.25) is 0 Å². The number of amides is 2. The maximum absolute atomic E-state index is 14.7. The Kier molecular flexibility index (Phi) is 6.99. The minimum atomic E-state index is -0.508. The number of piperidine rings is 1. The first-order valence-corrected chi connectivity index (χ1v) is 10.2. The highest BCUT2D eigenvalue weighted by Crippen LogP contribution is 2.23. The predicted octanol–water partition coefficient (Wildman–Crippen LogP) is 4.14. The average Bonchev–Trinajstić information content (AvgIpc) is 2.78. The van der Waals surface area contributed by atoms with Gasteiger partial charge in [0.05, 0.1) is 13.1 Å². The summed E-state index contributed by atoms with van der Waals surface area (Å²) in [5.41, 5.74) is 7.89. The molecule has 0 aromatic heterocycles. The Hall–Kier alpha value is -2.73. The maximum atomic E-state index is 14.7. The topological polar surface area (TPSA) is 66.6 Å². The summed E-state index contributed by atoms with van der Waals surface area (Å²) >= 11 is 0. The molecule has 1 aliphatic heterocycles. The van der Waals surface area contributed by atoms with Crippen molar-refractivity contribution in [3.05, 3.63) is 65.0 Å². The van der Waals surface area contributed by atoms with Crippen LogP contribution in [0.5, 0.6) is 0 Å². The first-order chi connectivity index (χ1) is 14.0. The number of rotatable bonds is 6. The van der Waals surface area contributed by atoms with Crippen LogP contribution in [0.4, 0.5) is 14.9 Å². The molecule has 6 heteroatoms. The summed E-state index contributed by atoms with van der Waals surface area (Å²) in [6, 6.07) is 12.0. The molecule has 29 heavy (non-hydrogen) atoms. The van der Waals surface area contributed by atoms with Crippen molar-refractivity contribution in [2.24, 2.45) is 5.73 Å². The number of carbonyl (C=O) groups is 2. The molecular formula is C23H28FN3O2. The predicted molar refractivity (Wildman–Crippen MR) is 113 cm³/mol. The highest BCUT2D eigenvalue weighted by atomic mass is 19.1. The number of benzene rings is 2. The molecule has 154 valence electrons. The van der Waals surface area contributed by atoms with Gasteiger partial charge in [-0.3, -0.25) is 9.69 Å². The molecule has 1 heterocycles. The molecule has 0 radical (unpaired) electrons. The van der Waals surface area contributed by atoms with Gasteiger partial charge in [-0.05, 0) is 49.4 Å². The van der Waals surface area contributed by atoms with Gasteiger partial charge in [-0.25, -0.2) is 9.18 Å². The van der Waals surface area contributed by atoms with Crippen LogP contribution in [0.15, 0.2) is 42.5 Å². The minimum absolute atomic E-state index is 0.101. The Labute approximate surface area is 171 Å². The van der Waals surface area contributed by atoms with Crippen LogP contribution in [-0.4, -0.2) is 36.3 Å². The highest BCUT2D eigenvalue weighted by molar-refractivity contribution is 5.97. The van der Waals surface area contributed by atoms with Gasteiger partial charge in [0.25, 0.3) is 0 Å². The van der Waals surface area contributed by atoms with Gasteiger partial charge in [-0.1, -0.05) is 31.2 Å². The van der Waals surface area contributed by atoms with Gasteiger partial charge in [-0.2, -0.15) is 0 Å². The molecule has 0 atom stereocenters. The highest BCUT2D eigenvalue weighted by Gasteiger charge is 2.25. The normalized spacial score (nSPS) is 14.0. The second-order valence-electron chi connectivity index (χ2n) is 7.37. The zero-order valence-electron chi connectivity index (χ0n) is 16.9. The molecule has 1 saturated heterocycles. The number of urea groups is 1. The molecule has 0 aliphatic carbocycles. The number of hydrogen-bond acceptors (Lipinski definition) is 3. The van der Waals surface area contributed by atoms with E-state index in [1.807, 2.05) is 29.2 Å². The molecule has 0 saturated carbocycles. The Bertz CT molecular complexity index is 861. The largest absolute Gasteiger partial charge is 0.324 e. The van der Waals surface area contributed by atoms with Crippen LogP contribution in [-0.2, 0) is 13.0 Å². The van der Waals surface area contributed by atoms with Gasteiger partial charge in [0.1, 0.15) is 5.82 Å². The standard InChI is InChI=1S/C23H28FN3O2/c1-2-17-6-10-20(11-7-17)27(23(29)26-12-4-3-5-13-26)16-19-9-8-18(14-21(19)24)22(28)15-25/h6-11,14H,2-5,12-13,15-16,25H2,1H3. The molecule has 0 spiro atoms. The summed E-state index contributed by atoms with van der Waals surface area (Å²) < 4.78 is 14.7. The molecule has 3 rings (SSSR count). The van der Waals surface area contributed by atoms with Gasteiger partial charge < -0.3 is 10.6 Å². The molecule has 2 aromatic carbocycles. The molecule has 2 amide bonds. The van der Waals surface area contributed by atoms with Crippen molar-refractivity contribution in [2.75, 3.05) is 24.5 Å². The van der Waals surface area contributed by atoms with Crippen LogP contribution >= 0.6 is 0 Å². The number of Topliss-reactive ketones (excluding diaryl/α,β-unsaturated/α-hetero) is 1. The van der Waals surface area contributed by atoms with Gasteiger partial charge in [0.15, 0.2) is 5.78 Å². The van der Waals surface area contributed by atoms with E-state index in [0.29, 0.717) is 5.56 Å². The molecule has 1 aliphatic rings. The number of hydrogen-bond donors (Lipinski definition) is 1. The van der Waals surface area contributed by atoms with Crippen LogP contribution < -0.4 is 10.6 Å². The fourth-order valence-corrected chi connectivity index (χ4v) is 3.57. The van der Waals surface area contributed by atoms with Crippen molar-refractivity contribution < 1.29 is 14.0 Å². The summed E-state index contributed by atoms with van der Waals surface area (Å²) in [4.78, 5) is 28.4. The van der Waals surface area contributed by atoms with E-state index >= 15 is 0 Å². The smallest absolute Gasteiger partial charge is 0.324 e. The molecule has 5 nitrogen and oxygen atoms in total. The van der Waals surface area contributed by atoms with E-state index in [1.165, 1.54) is 11.6 Å². The third-order valence-electron chi connectivity index (χ3n) is 5.40. The number of nitrogens with two attached hydrogens (primary N) is 1. The molecule has 0 unspecified atom stereocenters. The molecular weight excluding hydrogens is 369 g/mol. The first-order valence-electron chi connectivity index (χ1n) is 10.2. The lowest BCUT2D eigenvalue weighted by Gasteiger charge is -2.33. The molecule has 2 N–H and O–H groups in total. The molecule has 0 bridgehead atoms. The van der Waals surface area contributed by atoms with Crippen molar-refractivity contribution in [1.82, 2.24) is 4.90 Å². The number of aryl methyl sites for hydroxylation is 1. The second-order valence-corrected chi connectivity index (χ2v) is 7.37. The fraction of sp³-hybridized carbons (Fsp3) is 0.391. The monoisotopic (exact) mass is 397 g/mol. The Morgan fingerprint density at radius 2 is 1.76 bits per heavy atom. The number of anilines is 1. The Balaban J connectivity index is 1.90. The van der Waals surface area contributed by atoms with E-state index in [0.717, 1.165) is 44.5 Å². The minimum Gasteiger partial charge on any atom is -0.324 e. The Morgan fingerprint density at radius 3 is 2.34 bits per heavy atom. The third kappa shape index (κ3) is 5.01. The number of carbonyl (C=O) groups excluding carboxylic acids is 2. The van der Waals surface area contributed by atoms with Crippen LogP contribution in [0, 0.1) is 5.82 Å². The summed E-state index contributed by atoms with van der Waals surface area (Å²) in [5, 5.41) is 0. The van der Waals surface area contributed by atoms with E-state index < -0.39 is 5.82 Å². The first kappa shape index (κ1) is 21.0. The van der Waals surface area contributed by atoms with E-state index in [1.54, 1.807) is 17.0 Å². The van der Waals surface area contributed by atoms with E-state index in [4.69, 9.17) is 5.73 Å². The summed E-state index contributed by atoms with van der Waals surface area (Å²) in [5.74, 6) is -0.822. The van der Waals surface area contributed by atoms with E-state index in [9.17, 15) is 14.0 Å². The fourth-order valence-electron chi connectivity index (χ4n) is 3.57. The van der Waals surface area contributed by atoms with Crippen molar-refractivity contribution in [3.63, 3.8) is 0 Å². The van der Waals surface area contributed by atoms with E-state index in [-0.39, 0.29) is 30.5 Å². The summed E-state index contributed by atoms with van der Waals surface area (Å²) in [6.45, 7) is 3.45. The van der Waals surface area contributed by atoms with Crippen molar-refractivity contribution in [1.29, 1.82) is 0 Å². The van der Waals surface area contributed by atoms with Gasteiger partial charge in [0, 0.05) is 29.9 Å². The van der Waals surface area contributed by atoms with Crippen molar-refractivity contribution >= 4 is 17.5 Å². The maximum Gasteiger partial charge on any atom is 0.324 e. The van der Waals surface area contributed by atoms with Crippen molar-refractivity contribution in [3.8, 4) is 0 Å². The lowest BCUT2D eigenvalue weighted by Crippen LogP contribution is -2.45. The molecule has 2 aromatic rings. The lowest BCUT2D eigenvalue weighted by molar-refractivity contribution is 0.100. The number of halogens is 1. The lowest BCUT2D eigenvalue weighted by atomic mass is 10.1. The second kappa shape index (κ2) is 9.65. The zero-order valence-corrected chi connectivity index (χ0v) is 16.9. The van der Waals surface area contributed by atoms with Crippen LogP contribution in [0.1, 0.15) is 47.7 Å². The Morgan fingerprint density at radius 1 is 1.07 bits per heavy atom. The summed E-state index contributed by atoms with van der Waals surface area (Å²) in [6.07, 6.45) is 4.00. The quantitative estimate of drug-likeness (QED) is 0.745. The van der Waals surface area contributed by atoms with Gasteiger partial charge >= 0.3 is 6.03 Å². The summed E-state index contributed by atoms with van der Waals surface area (Å²) in [7, 11) is 0. The number of nitrogens with zero attached hydrogens (tertiary/aromatic N) is 2. The van der Waals surface area contributed by atoms with Crippen molar-refractivity contribution in [2.45, 2.75) is 39.2 Å². The number of ketones is 1. The van der Waals surface area contributed by atoms with Crippen LogP contribution in [0.25, 0.3) is 0 Å². The van der Waals surface area contributed by atoms with Crippen LogP contribution in [0.2, 0.25) is 0 Å². The van der Waals surface area contributed by atoms with E-state index in [2.05, 4.69) is 6.92 Å². The van der Waals surface area contributed by atoms with Gasteiger partial charge in [-0.15, -0.1) is 0 Å². The molecule has 1 fully saturated rings.